The van der Waals surface area contributed by atoms with Crippen molar-refractivity contribution in [3.8, 4) is 0 Å². The maximum absolute atomic E-state index is 11.2. The number of ether oxygens (including phenoxy) is 1. The lowest BCUT2D eigenvalue weighted by Crippen LogP contribution is -2.23. The first kappa shape index (κ1) is 10.9. The highest BCUT2D eigenvalue weighted by molar-refractivity contribution is 5.87. The van der Waals surface area contributed by atoms with Gasteiger partial charge >= 0.3 is 5.97 Å². The highest BCUT2D eigenvalue weighted by atomic mass is 16.5. The van der Waals surface area contributed by atoms with Gasteiger partial charge in [-0.15, -0.1) is 0 Å². The molecule has 5 heteroatoms. The zero-order valence-corrected chi connectivity index (χ0v) is 9.40. The van der Waals surface area contributed by atoms with Crippen LogP contribution in [0.5, 0.6) is 0 Å². The zero-order chi connectivity index (χ0) is 11.5. The van der Waals surface area contributed by atoms with Gasteiger partial charge in [0, 0.05) is 19.2 Å². The molecule has 0 unspecified atom stereocenters. The van der Waals surface area contributed by atoms with Crippen LogP contribution in [0.4, 0.5) is 0 Å². The molecule has 1 aliphatic heterocycles. The van der Waals surface area contributed by atoms with E-state index in [1.165, 1.54) is 7.11 Å². The number of methoxy groups -OCH3 is 1. The van der Waals surface area contributed by atoms with Crippen molar-refractivity contribution in [1.29, 1.82) is 0 Å². The lowest BCUT2D eigenvalue weighted by atomic mass is 10.1. The summed E-state index contributed by atoms with van der Waals surface area (Å²) in [6.07, 6.45) is 3.02. The topological polar surface area (TPSA) is 55.6 Å². The average molecular weight is 222 g/mol. The number of rotatable bonds is 2. The van der Waals surface area contributed by atoms with Crippen LogP contribution in [0.2, 0.25) is 0 Å². The molecule has 86 valence electrons. The molecule has 16 heavy (non-hydrogen) atoms. The highest BCUT2D eigenvalue weighted by Crippen LogP contribution is 2.21. The van der Waals surface area contributed by atoms with Crippen LogP contribution in [0, 0.1) is 0 Å². The van der Waals surface area contributed by atoms with Crippen LogP contribution in [0.3, 0.4) is 0 Å². The molecule has 0 saturated heterocycles. The summed E-state index contributed by atoms with van der Waals surface area (Å²) in [6.45, 7) is 1.89. The number of carbonyl (C=O) groups excluding carboxylic acids is 1. The molecule has 5 nitrogen and oxygen atoms in total. The molecule has 0 radical (unpaired) electrons. The Morgan fingerprint density at radius 2 is 2.44 bits per heavy atom. The second-order valence-electron chi connectivity index (χ2n) is 3.81. The summed E-state index contributed by atoms with van der Waals surface area (Å²) in [5.74, 6) is -0.343. The third-order valence-electron chi connectivity index (χ3n) is 2.64. The summed E-state index contributed by atoms with van der Waals surface area (Å²) >= 11 is 0. The number of likely N-dealkylation sites (N-methyl/N-ethyl adjacent to an activating group) is 1. The minimum atomic E-state index is -0.493. The Morgan fingerprint density at radius 1 is 1.62 bits per heavy atom. The minimum Gasteiger partial charge on any atom is -0.463 e. The Morgan fingerprint density at radius 3 is 3.06 bits per heavy atom. The fourth-order valence-electron chi connectivity index (χ4n) is 1.63. The molecule has 0 aromatic carbocycles. The summed E-state index contributed by atoms with van der Waals surface area (Å²) in [7, 11) is 3.38. The fourth-order valence-corrected chi connectivity index (χ4v) is 1.63. The number of nitrogens with zero attached hydrogens (tertiary/aromatic N) is 2. The van der Waals surface area contributed by atoms with E-state index in [0.717, 1.165) is 30.8 Å². The Labute approximate surface area is 93.7 Å². The van der Waals surface area contributed by atoms with Gasteiger partial charge in [0.2, 0.25) is 5.76 Å². The van der Waals surface area contributed by atoms with E-state index in [0.29, 0.717) is 0 Å². The number of esters is 1. The van der Waals surface area contributed by atoms with Gasteiger partial charge in [0.15, 0.2) is 0 Å². The largest absolute Gasteiger partial charge is 0.463 e. The standard InChI is InChI=1S/C11H14N2O3/c1-13-5-3-8(4-6-13)9-7-10(16-12-9)11(14)15-2/h3,7H,4-6H2,1-2H3. The van der Waals surface area contributed by atoms with Gasteiger partial charge < -0.3 is 14.2 Å². The van der Waals surface area contributed by atoms with E-state index >= 15 is 0 Å². The third kappa shape index (κ3) is 2.14. The Hall–Kier alpha value is -1.62. The van der Waals surface area contributed by atoms with Gasteiger partial charge in [-0.05, 0) is 19.0 Å². The molecule has 0 atom stereocenters. The molecule has 2 heterocycles. The van der Waals surface area contributed by atoms with E-state index in [1.54, 1.807) is 6.07 Å². The first-order valence-corrected chi connectivity index (χ1v) is 5.13. The molecule has 0 N–H and O–H groups in total. The van der Waals surface area contributed by atoms with Crippen LogP contribution < -0.4 is 0 Å². The van der Waals surface area contributed by atoms with Crippen molar-refractivity contribution in [2.45, 2.75) is 6.42 Å². The van der Waals surface area contributed by atoms with E-state index in [-0.39, 0.29) is 5.76 Å². The molecule has 0 spiro atoms. The summed E-state index contributed by atoms with van der Waals surface area (Å²) in [5, 5.41) is 3.87. The Balaban J connectivity index is 2.16. The molecule has 0 bridgehead atoms. The van der Waals surface area contributed by atoms with Gasteiger partial charge in [-0.3, -0.25) is 0 Å². The number of carbonyl (C=O) groups is 1. The molecule has 1 aromatic heterocycles. The third-order valence-corrected chi connectivity index (χ3v) is 2.64. The van der Waals surface area contributed by atoms with Crippen LogP contribution in [0.25, 0.3) is 5.57 Å². The normalized spacial score (nSPS) is 17.0. The SMILES string of the molecule is COC(=O)c1cc(C2=CCN(C)CC2)no1. The first-order valence-electron chi connectivity index (χ1n) is 5.13. The fraction of sp³-hybridized carbons (Fsp3) is 0.455. The summed E-state index contributed by atoms with van der Waals surface area (Å²) < 4.78 is 9.47. The average Bonchev–Trinajstić information content (AvgIpc) is 2.78. The van der Waals surface area contributed by atoms with Crippen molar-refractivity contribution in [3.63, 3.8) is 0 Å². The van der Waals surface area contributed by atoms with E-state index in [4.69, 9.17) is 4.52 Å². The minimum absolute atomic E-state index is 0.150. The highest BCUT2D eigenvalue weighted by Gasteiger charge is 2.17. The molecule has 0 aliphatic carbocycles. The van der Waals surface area contributed by atoms with E-state index in [2.05, 4.69) is 27.9 Å². The zero-order valence-electron chi connectivity index (χ0n) is 9.40. The van der Waals surface area contributed by atoms with Gasteiger partial charge in [0.05, 0.1) is 7.11 Å². The van der Waals surface area contributed by atoms with Gasteiger partial charge in [-0.1, -0.05) is 11.2 Å². The number of aromatic nitrogens is 1. The quantitative estimate of drug-likeness (QED) is 0.703. The van der Waals surface area contributed by atoms with Crippen LogP contribution in [-0.2, 0) is 4.74 Å². The van der Waals surface area contributed by atoms with Gasteiger partial charge in [-0.2, -0.15) is 0 Å². The Kier molecular flexibility index (Phi) is 3.05. The monoisotopic (exact) mass is 222 g/mol. The molecular weight excluding hydrogens is 208 g/mol. The second-order valence-corrected chi connectivity index (χ2v) is 3.81. The predicted octanol–water partition coefficient (Wildman–Crippen LogP) is 1.18. The molecular formula is C11H14N2O3. The first-order chi connectivity index (χ1) is 7.70. The maximum Gasteiger partial charge on any atom is 0.376 e. The van der Waals surface area contributed by atoms with Gasteiger partial charge in [0.1, 0.15) is 5.69 Å². The lowest BCUT2D eigenvalue weighted by Gasteiger charge is -2.20. The number of hydrogen-bond donors (Lipinski definition) is 0. The van der Waals surface area contributed by atoms with Crippen molar-refractivity contribution in [2.24, 2.45) is 0 Å². The Bertz CT molecular complexity index is 423. The summed E-state index contributed by atoms with van der Waals surface area (Å²) in [4.78, 5) is 13.4. The van der Waals surface area contributed by atoms with E-state index in [1.807, 2.05) is 0 Å². The molecule has 1 aliphatic rings. The summed E-state index contributed by atoms with van der Waals surface area (Å²) in [5.41, 5.74) is 1.85. The van der Waals surface area contributed by atoms with Crippen LogP contribution in [0.1, 0.15) is 22.7 Å². The van der Waals surface area contributed by atoms with Gasteiger partial charge in [0.25, 0.3) is 0 Å². The summed E-state index contributed by atoms with van der Waals surface area (Å²) in [6, 6.07) is 1.63. The molecule has 0 fully saturated rings. The molecule has 1 aromatic rings. The van der Waals surface area contributed by atoms with Crippen molar-refractivity contribution in [3.05, 3.63) is 23.6 Å². The van der Waals surface area contributed by atoms with Crippen LogP contribution in [-0.4, -0.2) is 43.3 Å². The van der Waals surface area contributed by atoms with Gasteiger partial charge in [-0.25, -0.2) is 4.79 Å². The maximum atomic E-state index is 11.2. The van der Waals surface area contributed by atoms with Crippen LogP contribution >= 0.6 is 0 Å². The predicted molar refractivity (Wildman–Crippen MR) is 57.9 cm³/mol. The van der Waals surface area contributed by atoms with E-state index < -0.39 is 5.97 Å². The van der Waals surface area contributed by atoms with Crippen molar-refractivity contribution in [1.82, 2.24) is 10.1 Å². The van der Waals surface area contributed by atoms with Crippen molar-refractivity contribution in [2.75, 3.05) is 27.2 Å². The second kappa shape index (κ2) is 4.49. The molecule has 0 saturated carbocycles. The van der Waals surface area contributed by atoms with Crippen LogP contribution in [0.15, 0.2) is 16.7 Å². The van der Waals surface area contributed by atoms with E-state index in [9.17, 15) is 4.79 Å². The number of hydrogen-bond acceptors (Lipinski definition) is 5. The van der Waals surface area contributed by atoms with Crippen molar-refractivity contribution < 1.29 is 14.1 Å². The lowest BCUT2D eigenvalue weighted by molar-refractivity contribution is 0.0554. The molecule has 2 rings (SSSR count). The van der Waals surface area contributed by atoms with Crippen molar-refractivity contribution >= 4 is 11.5 Å². The molecule has 0 amide bonds. The smallest absolute Gasteiger partial charge is 0.376 e.